The standard InChI is InChI=1S/C23H17ClN2O6S/c24-17-3-1-2-14(10-17)12-26-19-11-16(6-9-20(19)33(31,32)13-21(26)27)22(28)25-18-7-4-15(5-8-18)23(29)30/h1-11H,12-13H2,(H,25,28)(H,29,30). The van der Waals surface area contributed by atoms with Crippen LogP contribution in [0, 0.1) is 0 Å². The maximum Gasteiger partial charge on any atom is 0.335 e. The van der Waals surface area contributed by atoms with Crippen LogP contribution in [0.5, 0.6) is 0 Å². The molecule has 0 saturated heterocycles. The van der Waals surface area contributed by atoms with Crippen LogP contribution in [0.3, 0.4) is 0 Å². The van der Waals surface area contributed by atoms with Gasteiger partial charge in [0.2, 0.25) is 5.91 Å². The number of fused-ring (bicyclic) bond motifs is 1. The number of carboxylic acids is 1. The molecular weight excluding hydrogens is 468 g/mol. The summed E-state index contributed by atoms with van der Waals surface area (Å²) >= 11 is 6.03. The highest BCUT2D eigenvalue weighted by molar-refractivity contribution is 7.92. The highest BCUT2D eigenvalue weighted by Gasteiger charge is 2.35. The molecule has 168 valence electrons. The number of halogens is 1. The van der Waals surface area contributed by atoms with Gasteiger partial charge in [-0.25, -0.2) is 13.2 Å². The quantitative estimate of drug-likeness (QED) is 0.570. The van der Waals surface area contributed by atoms with Crippen molar-refractivity contribution in [2.75, 3.05) is 16.0 Å². The van der Waals surface area contributed by atoms with Crippen LogP contribution in [0.25, 0.3) is 0 Å². The monoisotopic (exact) mass is 484 g/mol. The molecule has 33 heavy (non-hydrogen) atoms. The van der Waals surface area contributed by atoms with Crippen LogP contribution < -0.4 is 10.2 Å². The van der Waals surface area contributed by atoms with E-state index in [4.69, 9.17) is 16.7 Å². The number of aromatic carboxylic acids is 1. The van der Waals surface area contributed by atoms with Crippen molar-refractivity contribution >= 4 is 50.6 Å². The zero-order valence-electron chi connectivity index (χ0n) is 17.0. The molecule has 0 aromatic heterocycles. The number of amides is 2. The largest absolute Gasteiger partial charge is 0.478 e. The normalized spacial score (nSPS) is 14.5. The van der Waals surface area contributed by atoms with Crippen molar-refractivity contribution in [1.82, 2.24) is 0 Å². The first-order valence-corrected chi connectivity index (χ1v) is 11.7. The summed E-state index contributed by atoms with van der Waals surface area (Å²) in [6, 6.07) is 16.5. The number of rotatable bonds is 5. The molecule has 0 radical (unpaired) electrons. The van der Waals surface area contributed by atoms with Gasteiger partial charge in [-0.2, -0.15) is 0 Å². The van der Waals surface area contributed by atoms with Gasteiger partial charge in [-0.05, 0) is 60.2 Å². The van der Waals surface area contributed by atoms with Crippen molar-refractivity contribution in [3.05, 3.63) is 88.4 Å². The Morgan fingerprint density at radius 3 is 2.36 bits per heavy atom. The molecule has 3 aromatic rings. The maximum absolute atomic E-state index is 12.8. The molecule has 0 fully saturated rings. The number of carbonyl (C=O) groups is 3. The topological polar surface area (TPSA) is 121 Å². The molecule has 0 atom stereocenters. The fourth-order valence-electron chi connectivity index (χ4n) is 3.48. The minimum atomic E-state index is -3.84. The zero-order chi connectivity index (χ0) is 23.8. The zero-order valence-corrected chi connectivity index (χ0v) is 18.6. The summed E-state index contributed by atoms with van der Waals surface area (Å²) in [6.07, 6.45) is 0. The number of carbonyl (C=O) groups excluding carboxylic acids is 2. The molecule has 1 heterocycles. The van der Waals surface area contributed by atoms with E-state index in [9.17, 15) is 22.8 Å². The average molecular weight is 485 g/mol. The second kappa shape index (κ2) is 8.68. The lowest BCUT2D eigenvalue weighted by molar-refractivity contribution is -0.116. The summed E-state index contributed by atoms with van der Waals surface area (Å²) in [5.74, 6) is -2.90. The second-order valence-electron chi connectivity index (χ2n) is 7.39. The molecule has 3 aromatic carbocycles. The maximum atomic E-state index is 12.8. The Labute approximate surface area is 194 Å². The molecule has 4 rings (SSSR count). The van der Waals surface area contributed by atoms with Crippen LogP contribution in [-0.4, -0.2) is 37.1 Å². The number of nitrogens with one attached hydrogen (secondary N) is 1. The van der Waals surface area contributed by atoms with Gasteiger partial charge < -0.3 is 15.3 Å². The summed E-state index contributed by atoms with van der Waals surface area (Å²) in [5, 5.41) is 12.1. The molecule has 0 unspecified atom stereocenters. The fraction of sp³-hybridized carbons (Fsp3) is 0.0870. The van der Waals surface area contributed by atoms with Crippen molar-refractivity contribution in [3.8, 4) is 0 Å². The Kier molecular flexibility index (Phi) is 5.92. The Morgan fingerprint density at radius 1 is 1.00 bits per heavy atom. The second-order valence-corrected chi connectivity index (χ2v) is 9.78. The summed E-state index contributed by atoms with van der Waals surface area (Å²) < 4.78 is 25.2. The van der Waals surface area contributed by atoms with Crippen LogP contribution >= 0.6 is 11.6 Å². The summed E-state index contributed by atoms with van der Waals surface area (Å²) in [6.45, 7) is 0.0869. The smallest absolute Gasteiger partial charge is 0.335 e. The first kappa shape index (κ1) is 22.5. The fourth-order valence-corrected chi connectivity index (χ4v) is 5.09. The molecule has 0 aliphatic carbocycles. The number of sulfone groups is 1. The average Bonchev–Trinajstić information content (AvgIpc) is 2.76. The van der Waals surface area contributed by atoms with Gasteiger partial charge >= 0.3 is 5.97 Å². The molecule has 0 saturated carbocycles. The van der Waals surface area contributed by atoms with Crippen LogP contribution in [0.15, 0.2) is 71.6 Å². The molecular formula is C23H17ClN2O6S. The molecule has 0 bridgehead atoms. The molecule has 1 aliphatic rings. The highest BCUT2D eigenvalue weighted by Crippen LogP contribution is 2.33. The predicted molar refractivity (Wildman–Crippen MR) is 122 cm³/mol. The van der Waals surface area contributed by atoms with E-state index in [1.807, 2.05) is 0 Å². The predicted octanol–water partition coefficient (Wildman–Crippen LogP) is 3.61. The summed E-state index contributed by atoms with van der Waals surface area (Å²) in [7, 11) is -3.84. The van der Waals surface area contributed by atoms with Crippen LogP contribution in [0.1, 0.15) is 26.3 Å². The van der Waals surface area contributed by atoms with Gasteiger partial charge in [-0.15, -0.1) is 0 Å². The molecule has 10 heteroatoms. The van der Waals surface area contributed by atoms with Crippen molar-refractivity contribution in [2.24, 2.45) is 0 Å². The lowest BCUT2D eigenvalue weighted by Crippen LogP contribution is -2.40. The van der Waals surface area contributed by atoms with E-state index in [2.05, 4.69) is 5.32 Å². The molecule has 2 N–H and O–H groups in total. The van der Waals surface area contributed by atoms with Gasteiger partial charge in [-0.3, -0.25) is 9.59 Å². The van der Waals surface area contributed by atoms with Gasteiger partial charge in [0.05, 0.1) is 22.7 Å². The SMILES string of the molecule is O=C(O)c1ccc(NC(=O)c2ccc3c(c2)N(Cc2cccc(Cl)c2)C(=O)CS3(=O)=O)cc1. The third-order valence-electron chi connectivity index (χ3n) is 5.08. The van der Waals surface area contributed by atoms with E-state index in [0.717, 1.165) is 0 Å². The third kappa shape index (κ3) is 4.74. The Bertz CT molecular complexity index is 1390. The Hall–Kier alpha value is -3.69. The number of carboxylic acid groups (broad SMARTS) is 1. The number of anilines is 2. The van der Waals surface area contributed by atoms with Gasteiger partial charge in [0.15, 0.2) is 9.84 Å². The van der Waals surface area contributed by atoms with E-state index in [0.29, 0.717) is 16.3 Å². The number of hydrogen-bond donors (Lipinski definition) is 2. The summed E-state index contributed by atoms with van der Waals surface area (Å²) in [5.41, 5.74) is 1.39. The Balaban J connectivity index is 1.67. The van der Waals surface area contributed by atoms with Crippen LogP contribution in [0.4, 0.5) is 11.4 Å². The molecule has 1 aliphatic heterocycles. The number of nitrogens with zero attached hydrogens (tertiary/aromatic N) is 1. The van der Waals surface area contributed by atoms with Gasteiger partial charge in [0, 0.05) is 16.3 Å². The van der Waals surface area contributed by atoms with E-state index < -0.39 is 33.4 Å². The number of hydrogen-bond acceptors (Lipinski definition) is 5. The van der Waals surface area contributed by atoms with Crippen LogP contribution in [-0.2, 0) is 21.2 Å². The van der Waals surface area contributed by atoms with E-state index in [1.165, 1.54) is 47.4 Å². The first-order chi connectivity index (χ1) is 15.6. The lowest BCUT2D eigenvalue weighted by Gasteiger charge is -2.29. The third-order valence-corrected chi connectivity index (χ3v) is 6.96. The molecule has 8 nitrogen and oxygen atoms in total. The van der Waals surface area contributed by atoms with Crippen molar-refractivity contribution < 1.29 is 27.9 Å². The lowest BCUT2D eigenvalue weighted by atomic mass is 10.1. The Morgan fingerprint density at radius 2 is 1.70 bits per heavy atom. The van der Waals surface area contributed by atoms with Gasteiger partial charge in [0.1, 0.15) is 5.75 Å². The summed E-state index contributed by atoms with van der Waals surface area (Å²) in [4.78, 5) is 37.7. The van der Waals surface area contributed by atoms with E-state index in [-0.39, 0.29) is 28.3 Å². The first-order valence-electron chi connectivity index (χ1n) is 9.70. The van der Waals surface area contributed by atoms with Crippen LogP contribution in [0.2, 0.25) is 5.02 Å². The highest BCUT2D eigenvalue weighted by atomic mass is 35.5. The molecule has 0 spiro atoms. The van der Waals surface area contributed by atoms with E-state index in [1.54, 1.807) is 24.3 Å². The van der Waals surface area contributed by atoms with Gasteiger partial charge in [-0.1, -0.05) is 23.7 Å². The number of benzene rings is 3. The minimum absolute atomic E-state index is 0.0357. The molecule has 2 amide bonds. The van der Waals surface area contributed by atoms with E-state index >= 15 is 0 Å². The van der Waals surface area contributed by atoms with Gasteiger partial charge in [0.25, 0.3) is 5.91 Å². The minimum Gasteiger partial charge on any atom is -0.478 e. The van der Waals surface area contributed by atoms with Crippen molar-refractivity contribution in [2.45, 2.75) is 11.4 Å². The van der Waals surface area contributed by atoms with Crippen molar-refractivity contribution in [3.63, 3.8) is 0 Å². The van der Waals surface area contributed by atoms with Crippen molar-refractivity contribution in [1.29, 1.82) is 0 Å².